The predicted molar refractivity (Wildman–Crippen MR) is 111 cm³/mol. The van der Waals surface area contributed by atoms with E-state index < -0.39 is 0 Å². The summed E-state index contributed by atoms with van der Waals surface area (Å²) in [6.07, 6.45) is 3.99. The summed E-state index contributed by atoms with van der Waals surface area (Å²) < 4.78 is 0. The van der Waals surface area contributed by atoms with Gasteiger partial charge < -0.3 is 4.90 Å². The molecule has 2 fully saturated rings. The maximum atomic E-state index is 2.80. The quantitative estimate of drug-likeness (QED) is 0.723. The first-order valence-electron chi connectivity index (χ1n) is 10.2. The molecule has 0 bridgehead atoms. The van der Waals surface area contributed by atoms with E-state index in [1.165, 1.54) is 65.9 Å². The predicted octanol–water partition coefficient (Wildman–Crippen LogP) is 5.34. The summed E-state index contributed by atoms with van der Waals surface area (Å²) in [5.74, 6) is 0. The van der Waals surface area contributed by atoms with Crippen LogP contribution in [0.5, 0.6) is 0 Å². The molecule has 1 unspecified atom stereocenters. The summed E-state index contributed by atoms with van der Waals surface area (Å²) in [6, 6.07) is 15.3. The van der Waals surface area contributed by atoms with Crippen LogP contribution < -0.4 is 4.90 Å². The zero-order valence-electron chi connectivity index (χ0n) is 16.8. The van der Waals surface area contributed by atoms with Gasteiger partial charge in [0.15, 0.2) is 0 Å². The molecule has 26 heavy (non-hydrogen) atoms. The number of piperazine rings is 1. The lowest BCUT2D eigenvalue weighted by atomic mass is 9.88. The van der Waals surface area contributed by atoms with Gasteiger partial charge in [-0.3, -0.25) is 4.90 Å². The number of hydrogen-bond donors (Lipinski definition) is 0. The normalized spacial score (nSPS) is 23.8. The molecule has 2 atom stereocenters. The van der Waals surface area contributed by atoms with E-state index in [0.717, 1.165) is 6.54 Å². The van der Waals surface area contributed by atoms with Crippen molar-refractivity contribution in [1.82, 2.24) is 4.90 Å². The largest absolute Gasteiger partial charge is 0.369 e. The fraction of sp³-hybridized carbons (Fsp3) is 0.500. The van der Waals surface area contributed by atoms with Crippen molar-refractivity contribution in [3.8, 4) is 0 Å². The van der Waals surface area contributed by atoms with E-state index in [-0.39, 0.29) is 0 Å². The van der Waals surface area contributed by atoms with Crippen LogP contribution in [0.1, 0.15) is 53.1 Å². The molecule has 0 aromatic heterocycles. The lowest BCUT2D eigenvalue weighted by molar-refractivity contribution is 0.0716. The number of benzene rings is 2. The highest BCUT2D eigenvalue weighted by atomic mass is 15.3. The zero-order chi connectivity index (χ0) is 18.3. The van der Waals surface area contributed by atoms with E-state index in [0.29, 0.717) is 12.1 Å². The van der Waals surface area contributed by atoms with Crippen molar-refractivity contribution < 1.29 is 0 Å². The van der Waals surface area contributed by atoms with Crippen molar-refractivity contribution in [1.29, 1.82) is 0 Å². The van der Waals surface area contributed by atoms with Crippen LogP contribution in [0.15, 0.2) is 36.4 Å². The Morgan fingerprint density at radius 2 is 1.50 bits per heavy atom. The van der Waals surface area contributed by atoms with Crippen molar-refractivity contribution >= 4 is 5.69 Å². The highest BCUT2D eigenvalue weighted by molar-refractivity contribution is 5.51. The van der Waals surface area contributed by atoms with Crippen LogP contribution in [-0.2, 0) is 0 Å². The first-order valence-corrected chi connectivity index (χ1v) is 10.2. The molecule has 2 aromatic rings. The molecule has 2 aromatic carbocycles. The molecule has 2 aliphatic heterocycles. The molecule has 2 saturated heterocycles. The van der Waals surface area contributed by atoms with Gasteiger partial charge in [-0.2, -0.15) is 0 Å². The fourth-order valence-corrected chi connectivity index (χ4v) is 4.74. The zero-order valence-corrected chi connectivity index (χ0v) is 16.8. The van der Waals surface area contributed by atoms with Crippen LogP contribution in [0.4, 0.5) is 5.69 Å². The Hall–Kier alpha value is -1.80. The summed E-state index contributed by atoms with van der Waals surface area (Å²) in [7, 11) is 0. The highest BCUT2D eigenvalue weighted by Gasteiger charge is 2.35. The molecule has 4 rings (SSSR count). The van der Waals surface area contributed by atoms with Crippen LogP contribution in [0.3, 0.4) is 0 Å². The molecule has 0 N–H and O–H groups in total. The van der Waals surface area contributed by atoms with E-state index in [4.69, 9.17) is 0 Å². The third-order valence-electron chi connectivity index (χ3n) is 6.71. The molecular weight excluding hydrogens is 316 g/mol. The van der Waals surface area contributed by atoms with Gasteiger partial charge in [-0.15, -0.1) is 0 Å². The summed E-state index contributed by atoms with van der Waals surface area (Å²) in [5.41, 5.74) is 8.55. The molecule has 2 aliphatic rings. The standard InChI is InChI=1S/C24H32N2/c1-17-8-10-21(14-19(17)3)24-7-5-6-23-16-25(12-13-26(23)24)22-11-9-18(2)20(4)15-22/h8-11,14-15,23-24H,5-7,12-13,16H2,1-4H3/t23?,24-/m1/s1. The van der Waals surface area contributed by atoms with Crippen LogP contribution in [0, 0.1) is 27.7 Å². The van der Waals surface area contributed by atoms with Gasteiger partial charge in [0.25, 0.3) is 0 Å². The van der Waals surface area contributed by atoms with Crippen LogP contribution in [0.25, 0.3) is 0 Å². The number of fused-ring (bicyclic) bond motifs is 1. The SMILES string of the molecule is Cc1ccc([C@H]2CCCC3CN(c4ccc(C)c(C)c4)CCN32)cc1C. The Balaban J connectivity index is 1.53. The molecule has 0 saturated carbocycles. The van der Waals surface area contributed by atoms with E-state index in [2.05, 4.69) is 73.9 Å². The first kappa shape index (κ1) is 17.6. The molecule has 138 valence electrons. The average molecular weight is 349 g/mol. The Labute approximate surface area is 158 Å². The van der Waals surface area contributed by atoms with Gasteiger partial charge in [0, 0.05) is 37.4 Å². The summed E-state index contributed by atoms with van der Waals surface area (Å²) in [6.45, 7) is 12.4. The monoisotopic (exact) mass is 348 g/mol. The first-order chi connectivity index (χ1) is 12.5. The van der Waals surface area contributed by atoms with E-state index in [1.807, 2.05) is 0 Å². The number of nitrogens with zero attached hydrogens (tertiary/aromatic N) is 2. The molecule has 0 aliphatic carbocycles. The number of piperidine rings is 1. The van der Waals surface area contributed by atoms with E-state index in [9.17, 15) is 0 Å². The second-order valence-electron chi connectivity index (χ2n) is 8.40. The molecule has 2 heteroatoms. The Kier molecular flexibility index (Phi) is 4.79. The van der Waals surface area contributed by atoms with Crippen molar-refractivity contribution in [2.45, 2.75) is 59.0 Å². The number of hydrogen-bond acceptors (Lipinski definition) is 2. The van der Waals surface area contributed by atoms with Crippen LogP contribution in [0.2, 0.25) is 0 Å². The minimum atomic E-state index is 0.606. The van der Waals surface area contributed by atoms with Gasteiger partial charge in [0.2, 0.25) is 0 Å². The second-order valence-corrected chi connectivity index (χ2v) is 8.40. The third-order valence-corrected chi connectivity index (χ3v) is 6.71. The van der Waals surface area contributed by atoms with Crippen molar-refractivity contribution in [2.24, 2.45) is 0 Å². The van der Waals surface area contributed by atoms with Gasteiger partial charge in [0.1, 0.15) is 0 Å². The number of anilines is 1. The fourth-order valence-electron chi connectivity index (χ4n) is 4.74. The molecule has 0 spiro atoms. The minimum absolute atomic E-state index is 0.606. The smallest absolute Gasteiger partial charge is 0.0370 e. The topological polar surface area (TPSA) is 6.48 Å². The Morgan fingerprint density at radius 3 is 2.23 bits per heavy atom. The number of rotatable bonds is 2. The van der Waals surface area contributed by atoms with Gasteiger partial charge in [-0.25, -0.2) is 0 Å². The maximum absolute atomic E-state index is 2.80. The second kappa shape index (κ2) is 7.08. The average Bonchev–Trinajstić information content (AvgIpc) is 2.65. The van der Waals surface area contributed by atoms with Crippen LogP contribution >= 0.6 is 0 Å². The molecular formula is C24H32N2. The highest BCUT2D eigenvalue weighted by Crippen LogP contribution is 2.37. The molecule has 2 nitrogen and oxygen atoms in total. The van der Waals surface area contributed by atoms with Gasteiger partial charge in [-0.1, -0.05) is 24.3 Å². The summed E-state index contributed by atoms with van der Waals surface area (Å²) in [4.78, 5) is 5.40. The Morgan fingerprint density at radius 1 is 0.769 bits per heavy atom. The maximum Gasteiger partial charge on any atom is 0.0370 e. The lowest BCUT2D eigenvalue weighted by Crippen LogP contribution is -2.55. The van der Waals surface area contributed by atoms with Crippen molar-refractivity contribution in [3.63, 3.8) is 0 Å². The molecule has 0 amide bonds. The van der Waals surface area contributed by atoms with Gasteiger partial charge in [0.05, 0.1) is 0 Å². The third kappa shape index (κ3) is 3.27. The van der Waals surface area contributed by atoms with Crippen molar-refractivity contribution in [3.05, 3.63) is 64.2 Å². The van der Waals surface area contributed by atoms with Crippen LogP contribution in [-0.4, -0.2) is 30.6 Å². The van der Waals surface area contributed by atoms with E-state index in [1.54, 1.807) is 0 Å². The summed E-state index contributed by atoms with van der Waals surface area (Å²) in [5, 5.41) is 0. The Bertz CT molecular complexity index is 795. The van der Waals surface area contributed by atoms with Gasteiger partial charge in [-0.05, 0) is 86.9 Å². The van der Waals surface area contributed by atoms with Crippen molar-refractivity contribution in [2.75, 3.05) is 24.5 Å². The number of aryl methyl sites for hydroxylation is 4. The summed E-state index contributed by atoms with van der Waals surface area (Å²) >= 11 is 0. The minimum Gasteiger partial charge on any atom is -0.369 e. The molecule has 2 heterocycles. The molecule has 0 radical (unpaired) electrons. The van der Waals surface area contributed by atoms with E-state index >= 15 is 0 Å². The lowest BCUT2D eigenvalue weighted by Gasteiger charge is -2.49. The van der Waals surface area contributed by atoms with Gasteiger partial charge >= 0.3 is 0 Å².